The molecule has 0 bridgehead atoms. The standard InChI is InChI=1S/C13H22N2O2S/c16-12(9-14-15-6-2-1-3-7-15)10-17-11-13-5-4-8-18-13/h4-5,8,12,14,16H,1-3,6-7,9-11H2. The SMILES string of the molecule is OC(CNN1CCCCC1)COCc1cccs1. The number of aliphatic hydroxyl groups excluding tert-OH is 1. The van der Waals surface area contributed by atoms with Gasteiger partial charge in [-0.15, -0.1) is 11.3 Å². The minimum absolute atomic E-state index is 0.388. The zero-order valence-corrected chi connectivity index (χ0v) is 11.5. The average Bonchev–Trinajstić information content (AvgIpc) is 2.91. The number of thiophene rings is 1. The first-order valence-electron chi connectivity index (χ1n) is 6.61. The normalized spacial score (nSPS) is 18.9. The lowest BCUT2D eigenvalue weighted by Gasteiger charge is -2.28. The van der Waals surface area contributed by atoms with Crippen molar-refractivity contribution in [3.05, 3.63) is 22.4 Å². The highest BCUT2D eigenvalue weighted by molar-refractivity contribution is 7.09. The lowest BCUT2D eigenvalue weighted by atomic mass is 10.2. The predicted molar refractivity (Wildman–Crippen MR) is 73.4 cm³/mol. The van der Waals surface area contributed by atoms with E-state index in [4.69, 9.17) is 4.74 Å². The van der Waals surface area contributed by atoms with Gasteiger partial charge in [0.25, 0.3) is 0 Å². The molecule has 1 aromatic rings. The summed E-state index contributed by atoms with van der Waals surface area (Å²) >= 11 is 1.68. The van der Waals surface area contributed by atoms with Crippen LogP contribution < -0.4 is 5.43 Å². The molecule has 0 aromatic carbocycles. The number of hydrogen-bond donors (Lipinski definition) is 2. The minimum atomic E-state index is -0.438. The van der Waals surface area contributed by atoms with Crippen molar-refractivity contribution in [2.45, 2.75) is 32.0 Å². The van der Waals surface area contributed by atoms with E-state index in [0.29, 0.717) is 19.8 Å². The van der Waals surface area contributed by atoms with Gasteiger partial charge >= 0.3 is 0 Å². The van der Waals surface area contributed by atoms with Crippen molar-refractivity contribution < 1.29 is 9.84 Å². The van der Waals surface area contributed by atoms with Crippen molar-refractivity contribution in [1.82, 2.24) is 10.4 Å². The Labute approximate surface area is 113 Å². The van der Waals surface area contributed by atoms with Crippen LogP contribution in [0.15, 0.2) is 17.5 Å². The molecule has 2 heterocycles. The first-order chi connectivity index (χ1) is 8.84. The molecular weight excluding hydrogens is 248 g/mol. The van der Waals surface area contributed by atoms with E-state index in [-0.39, 0.29) is 0 Å². The van der Waals surface area contributed by atoms with Crippen molar-refractivity contribution in [1.29, 1.82) is 0 Å². The maximum absolute atomic E-state index is 9.80. The van der Waals surface area contributed by atoms with E-state index in [1.807, 2.05) is 17.5 Å². The van der Waals surface area contributed by atoms with Crippen molar-refractivity contribution in [3.8, 4) is 0 Å². The molecule has 102 valence electrons. The average molecular weight is 270 g/mol. The summed E-state index contributed by atoms with van der Waals surface area (Å²) in [6.45, 7) is 3.73. The molecule has 0 spiro atoms. The molecule has 2 N–H and O–H groups in total. The fourth-order valence-corrected chi connectivity index (χ4v) is 2.68. The maximum Gasteiger partial charge on any atom is 0.0911 e. The third-order valence-electron chi connectivity index (χ3n) is 3.04. The number of hydrazine groups is 1. The van der Waals surface area contributed by atoms with Crippen molar-refractivity contribution in [2.75, 3.05) is 26.2 Å². The predicted octanol–water partition coefficient (Wildman–Crippen LogP) is 1.62. The first-order valence-corrected chi connectivity index (χ1v) is 7.49. The van der Waals surface area contributed by atoms with Crippen LogP contribution in [0.1, 0.15) is 24.1 Å². The van der Waals surface area contributed by atoms with E-state index in [1.54, 1.807) is 11.3 Å². The zero-order chi connectivity index (χ0) is 12.6. The molecule has 1 aliphatic rings. The smallest absolute Gasteiger partial charge is 0.0911 e. The summed E-state index contributed by atoms with van der Waals surface area (Å²) in [5.41, 5.74) is 3.27. The second-order valence-corrected chi connectivity index (χ2v) is 5.69. The van der Waals surface area contributed by atoms with Crippen LogP contribution in [0.4, 0.5) is 0 Å². The monoisotopic (exact) mass is 270 g/mol. The topological polar surface area (TPSA) is 44.7 Å². The molecule has 0 saturated carbocycles. The molecule has 5 heteroatoms. The number of aliphatic hydroxyl groups is 1. The highest BCUT2D eigenvalue weighted by atomic mass is 32.1. The summed E-state index contributed by atoms with van der Waals surface area (Å²) in [6.07, 6.45) is 3.38. The fraction of sp³-hybridized carbons (Fsp3) is 0.692. The van der Waals surface area contributed by atoms with Crippen LogP contribution in [0, 0.1) is 0 Å². The van der Waals surface area contributed by atoms with Crippen LogP contribution >= 0.6 is 11.3 Å². The zero-order valence-electron chi connectivity index (χ0n) is 10.7. The van der Waals surface area contributed by atoms with Gasteiger partial charge in [0.2, 0.25) is 0 Å². The molecule has 1 unspecified atom stereocenters. The third-order valence-corrected chi connectivity index (χ3v) is 3.89. The Morgan fingerprint density at radius 3 is 2.94 bits per heavy atom. The molecule has 4 nitrogen and oxygen atoms in total. The van der Waals surface area contributed by atoms with Crippen molar-refractivity contribution in [2.24, 2.45) is 0 Å². The lowest BCUT2D eigenvalue weighted by Crippen LogP contribution is -2.45. The molecule has 0 radical (unpaired) electrons. The van der Waals surface area contributed by atoms with E-state index in [0.717, 1.165) is 13.1 Å². The number of piperidine rings is 1. The number of ether oxygens (including phenoxy) is 1. The highest BCUT2D eigenvalue weighted by Gasteiger charge is 2.11. The van der Waals surface area contributed by atoms with Gasteiger partial charge in [-0.2, -0.15) is 0 Å². The first kappa shape index (κ1) is 14.0. The summed E-state index contributed by atoms with van der Waals surface area (Å²) in [5.74, 6) is 0. The van der Waals surface area contributed by atoms with Crippen LogP contribution in [-0.2, 0) is 11.3 Å². The van der Waals surface area contributed by atoms with Gasteiger partial charge in [0, 0.05) is 24.5 Å². The second kappa shape index (κ2) is 7.86. The molecule has 0 aliphatic carbocycles. The molecule has 0 amide bonds. The summed E-state index contributed by atoms with van der Waals surface area (Å²) in [5, 5.41) is 14.0. The molecule has 18 heavy (non-hydrogen) atoms. The molecule has 1 aliphatic heterocycles. The highest BCUT2D eigenvalue weighted by Crippen LogP contribution is 2.09. The summed E-state index contributed by atoms with van der Waals surface area (Å²) < 4.78 is 5.48. The van der Waals surface area contributed by atoms with Gasteiger partial charge in [-0.05, 0) is 24.3 Å². The fourth-order valence-electron chi connectivity index (χ4n) is 2.04. The number of nitrogens with zero attached hydrogens (tertiary/aromatic N) is 1. The Morgan fingerprint density at radius 1 is 1.39 bits per heavy atom. The Hall–Kier alpha value is -0.460. The van der Waals surface area contributed by atoms with Crippen LogP contribution in [0.25, 0.3) is 0 Å². The van der Waals surface area contributed by atoms with Gasteiger partial charge in [-0.3, -0.25) is 5.43 Å². The van der Waals surface area contributed by atoms with Gasteiger partial charge < -0.3 is 9.84 Å². The molecule has 1 atom stereocenters. The second-order valence-electron chi connectivity index (χ2n) is 4.66. The molecule has 1 saturated heterocycles. The van der Waals surface area contributed by atoms with E-state index in [2.05, 4.69) is 10.4 Å². The Kier molecular flexibility index (Phi) is 6.10. The number of hydrogen-bond acceptors (Lipinski definition) is 5. The summed E-state index contributed by atoms with van der Waals surface area (Å²) in [7, 11) is 0. The van der Waals surface area contributed by atoms with Crippen molar-refractivity contribution in [3.63, 3.8) is 0 Å². The van der Waals surface area contributed by atoms with E-state index in [9.17, 15) is 5.11 Å². The molecule has 1 fully saturated rings. The van der Waals surface area contributed by atoms with E-state index >= 15 is 0 Å². The van der Waals surface area contributed by atoms with Crippen LogP contribution in [0.5, 0.6) is 0 Å². The van der Waals surface area contributed by atoms with Gasteiger partial charge in [-0.25, -0.2) is 5.01 Å². The molecular formula is C13H22N2O2S. The third kappa shape index (κ3) is 5.04. The number of nitrogens with one attached hydrogen (secondary N) is 1. The van der Waals surface area contributed by atoms with Gasteiger partial charge in [-0.1, -0.05) is 12.5 Å². The Balaban J connectivity index is 1.53. The summed E-state index contributed by atoms with van der Waals surface area (Å²) in [4.78, 5) is 1.20. The summed E-state index contributed by atoms with van der Waals surface area (Å²) in [6, 6.07) is 4.06. The van der Waals surface area contributed by atoms with Gasteiger partial charge in [0.15, 0.2) is 0 Å². The van der Waals surface area contributed by atoms with Crippen LogP contribution in [0.2, 0.25) is 0 Å². The van der Waals surface area contributed by atoms with Crippen LogP contribution in [0.3, 0.4) is 0 Å². The Morgan fingerprint density at radius 2 is 2.22 bits per heavy atom. The van der Waals surface area contributed by atoms with E-state index < -0.39 is 6.10 Å². The van der Waals surface area contributed by atoms with E-state index in [1.165, 1.54) is 24.1 Å². The minimum Gasteiger partial charge on any atom is -0.389 e. The van der Waals surface area contributed by atoms with Crippen molar-refractivity contribution >= 4 is 11.3 Å². The lowest BCUT2D eigenvalue weighted by molar-refractivity contribution is 0.0155. The van der Waals surface area contributed by atoms with Crippen LogP contribution in [-0.4, -0.2) is 42.5 Å². The molecule has 1 aromatic heterocycles. The quantitative estimate of drug-likeness (QED) is 0.790. The van der Waals surface area contributed by atoms with Gasteiger partial charge in [0.05, 0.1) is 19.3 Å². The van der Waals surface area contributed by atoms with Gasteiger partial charge in [0.1, 0.15) is 0 Å². The largest absolute Gasteiger partial charge is 0.389 e. The number of rotatable bonds is 7. The molecule has 2 rings (SSSR count). The Bertz CT molecular complexity index is 313. The maximum atomic E-state index is 9.80.